The van der Waals surface area contributed by atoms with E-state index in [-0.39, 0.29) is 5.78 Å². The second kappa shape index (κ2) is 34.4. The molecule has 286 valence electrons. The quantitative estimate of drug-likeness (QED) is 0.0629. The fourth-order valence-corrected chi connectivity index (χ4v) is 4.66. The molecule has 0 saturated heterocycles. The minimum Gasteiger partial charge on any atom is -0.300 e. The highest BCUT2D eigenvalue weighted by atomic mass is 17.2. The predicted octanol–water partition coefficient (Wildman–Crippen LogP) is 11.4. The Morgan fingerprint density at radius 1 is 0.412 bits per heavy atom. The number of unbranched alkanes of at least 4 members (excludes halogenated alkanes) is 16. The van der Waals surface area contributed by atoms with Crippen molar-refractivity contribution >= 4 is 29.7 Å². The minimum absolute atomic E-state index is 0.255. The fourth-order valence-electron chi connectivity index (χ4n) is 4.66. The minimum atomic E-state index is -0.708. The number of hydrogen-bond donors (Lipinski definition) is 0. The summed E-state index contributed by atoms with van der Waals surface area (Å²) in [5, 5.41) is 0. The Kier molecular flexibility index (Phi) is 31.7. The lowest BCUT2D eigenvalue weighted by Crippen LogP contribution is -2.11. The summed E-state index contributed by atoms with van der Waals surface area (Å²) >= 11 is 0. The molecule has 2 rings (SSSR count). The van der Waals surface area contributed by atoms with E-state index in [0.29, 0.717) is 30.4 Å². The largest absolute Gasteiger partial charge is 0.386 e. The maximum atomic E-state index is 11.6. The summed E-state index contributed by atoms with van der Waals surface area (Å²) in [6, 6.07) is 16.6. The Morgan fingerprint density at radius 3 is 0.961 bits per heavy atom. The van der Waals surface area contributed by atoms with Crippen LogP contribution in [0, 0.1) is 0 Å². The number of Topliss-reactive ketones (excluding diaryl/α,β-unsaturated/α-hetero) is 1. The highest BCUT2D eigenvalue weighted by Crippen LogP contribution is 2.13. The van der Waals surface area contributed by atoms with E-state index in [0.717, 1.165) is 38.5 Å². The SMILES string of the molecule is CCC(C)=O.CCCCCCCCCCCC(=O)OOC(=O)CCCCCCCCCCC.O=C(OOC(=O)c1ccccc1)c1ccccc1. The van der Waals surface area contributed by atoms with E-state index in [1.54, 1.807) is 67.6 Å². The highest BCUT2D eigenvalue weighted by Gasteiger charge is 2.13. The lowest BCUT2D eigenvalue weighted by molar-refractivity contribution is -0.259. The standard InChI is InChI=1S/C24H46O4.C14H10O4.C4H8O/c1-3-5-7-9-11-13-15-17-19-21-23(25)27-28-24(26)22-20-18-16-14-12-10-8-6-4-2;15-13(11-7-3-1-4-8-11)17-18-14(16)12-9-5-2-6-10-12;1-3-4(2)5/h3-22H2,1-2H3;1-10H;3H2,1-2H3. The molecule has 0 radical (unpaired) electrons. The molecule has 0 aromatic heterocycles. The molecule has 0 atom stereocenters. The Morgan fingerprint density at radius 2 is 0.686 bits per heavy atom. The molecule has 0 N–H and O–H groups in total. The van der Waals surface area contributed by atoms with Crippen LogP contribution in [0.1, 0.15) is 183 Å². The van der Waals surface area contributed by atoms with Crippen molar-refractivity contribution in [2.75, 3.05) is 0 Å². The molecule has 0 spiro atoms. The van der Waals surface area contributed by atoms with E-state index in [4.69, 9.17) is 0 Å². The van der Waals surface area contributed by atoms with Gasteiger partial charge in [0.2, 0.25) is 0 Å². The van der Waals surface area contributed by atoms with E-state index >= 15 is 0 Å². The molecule has 0 amide bonds. The van der Waals surface area contributed by atoms with Crippen molar-refractivity contribution in [3.05, 3.63) is 71.8 Å². The van der Waals surface area contributed by atoms with E-state index in [2.05, 4.69) is 33.4 Å². The van der Waals surface area contributed by atoms with Crippen LogP contribution >= 0.6 is 0 Å². The third-order valence-electron chi connectivity index (χ3n) is 7.91. The average molecular weight is 713 g/mol. The summed E-state index contributed by atoms with van der Waals surface area (Å²) in [6.45, 7) is 7.89. The summed E-state index contributed by atoms with van der Waals surface area (Å²) in [7, 11) is 0. The first-order valence-corrected chi connectivity index (χ1v) is 19.2. The van der Waals surface area contributed by atoms with Crippen LogP contribution in [0.15, 0.2) is 60.7 Å². The van der Waals surface area contributed by atoms with Crippen molar-refractivity contribution in [3.63, 3.8) is 0 Å². The normalized spacial score (nSPS) is 10.0. The van der Waals surface area contributed by atoms with Gasteiger partial charge in [0.05, 0.1) is 24.0 Å². The first-order valence-electron chi connectivity index (χ1n) is 19.2. The lowest BCUT2D eigenvalue weighted by atomic mass is 10.1. The van der Waals surface area contributed by atoms with Gasteiger partial charge in [-0.05, 0) is 44.0 Å². The Balaban J connectivity index is 0.000000918. The second-order valence-electron chi connectivity index (χ2n) is 12.6. The Hall–Kier alpha value is -4.01. The van der Waals surface area contributed by atoms with Crippen LogP contribution in [-0.2, 0) is 33.9 Å². The van der Waals surface area contributed by atoms with Crippen LogP contribution in [0.3, 0.4) is 0 Å². The zero-order valence-corrected chi connectivity index (χ0v) is 31.8. The molecule has 2 aromatic carbocycles. The van der Waals surface area contributed by atoms with Gasteiger partial charge in [-0.15, -0.1) is 0 Å². The van der Waals surface area contributed by atoms with Crippen molar-refractivity contribution in [1.82, 2.24) is 0 Å². The smallest absolute Gasteiger partial charge is 0.300 e. The molecule has 0 aliphatic heterocycles. The first-order chi connectivity index (χ1) is 24.7. The summed E-state index contributed by atoms with van der Waals surface area (Å²) in [5.41, 5.74) is 0.636. The predicted molar refractivity (Wildman–Crippen MR) is 201 cm³/mol. The van der Waals surface area contributed by atoms with Crippen LogP contribution in [0.2, 0.25) is 0 Å². The van der Waals surface area contributed by atoms with Gasteiger partial charge in [-0.1, -0.05) is 160 Å². The van der Waals surface area contributed by atoms with E-state index in [1.807, 2.05) is 6.92 Å². The monoisotopic (exact) mass is 712 g/mol. The van der Waals surface area contributed by atoms with E-state index < -0.39 is 23.9 Å². The van der Waals surface area contributed by atoms with Gasteiger partial charge in [-0.3, -0.25) is 0 Å². The first kappa shape index (κ1) is 47.0. The van der Waals surface area contributed by atoms with Gasteiger partial charge in [0.1, 0.15) is 5.78 Å². The maximum Gasteiger partial charge on any atom is 0.386 e. The fraction of sp³-hybridized carbons (Fsp3) is 0.595. The molecule has 0 heterocycles. The number of rotatable bonds is 23. The van der Waals surface area contributed by atoms with Crippen LogP contribution in [-0.4, -0.2) is 29.7 Å². The molecule has 0 unspecified atom stereocenters. The zero-order chi connectivity index (χ0) is 37.8. The lowest BCUT2D eigenvalue weighted by Gasteiger charge is -2.04. The number of benzene rings is 2. The molecular weight excluding hydrogens is 648 g/mol. The van der Waals surface area contributed by atoms with Crippen molar-refractivity contribution in [2.24, 2.45) is 0 Å². The van der Waals surface area contributed by atoms with Gasteiger partial charge >= 0.3 is 23.9 Å². The van der Waals surface area contributed by atoms with Gasteiger partial charge in [-0.25, -0.2) is 38.7 Å². The summed E-state index contributed by atoms with van der Waals surface area (Å²) < 4.78 is 0. The highest BCUT2D eigenvalue weighted by molar-refractivity contribution is 5.92. The van der Waals surface area contributed by atoms with Crippen LogP contribution in [0.25, 0.3) is 0 Å². The number of carbonyl (C=O) groups is 5. The molecule has 9 heteroatoms. The van der Waals surface area contributed by atoms with Crippen LogP contribution in [0.4, 0.5) is 0 Å². The van der Waals surface area contributed by atoms with Gasteiger partial charge in [0, 0.05) is 6.42 Å². The molecule has 0 aliphatic rings. The molecule has 0 bridgehead atoms. The van der Waals surface area contributed by atoms with Crippen LogP contribution in [0.5, 0.6) is 0 Å². The van der Waals surface area contributed by atoms with Crippen molar-refractivity contribution in [2.45, 2.75) is 163 Å². The zero-order valence-electron chi connectivity index (χ0n) is 31.8. The summed E-state index contributed by atoms with van der Waals surface area (Å²) in [6.07, 6.45) is 23.0. The second-order valence-corrected chi connectivity index (χ2v) is 12.6. The third kappa shape index (κ3) is 30.5. The number of ketones is 1. The van der Waals surface area contributed by atoms with Gasteiger partial charge in [0.15, 0.2) is 0 Å². The molecule has 0 saturated carbocycles. The van der Waals surface area contributed by atoms with Gasteiger partial charge < -0.3 is 4.79 Å². The summed E-state index contributed by atoms with van der Waals surface area (Å²) in [5.74, 6) is -2.02. The van der Waals surface area contributed by atoms with Gasteiger partial charge in [0.25, 0.3) is 0 Å². The van der Waals surface area contributed by atoms with Crippen LogP contribution < -0.4 is 0 Å². The van der Waals surface area contributed by atoms with E-state index in [9.17, 15) is 24.0 Å². The number of carbonyl (C=O) groups excluding carboxylic acids is 5. The van der Waals surface area contributed by atoms with Crippen molar-refractivity contribution < 1.29 is 43.5 Å². The Labute approximate surface area is 307 Å². The molecule has 9 nitrogen and oxygen atoms in total. The molecule has 51 heavy (non-hydrogen) atoms. The van der Waals surface area contributed by atoms with E-state index in [1.165, 1.54) is 77.0 Å². The van der Waals surface area contributed by atoms with Crippen molar-refractivity contribution in [1.29, 1.82) is 0 Å². The topological polar surface area (TPSA) is 122 Å². The Bertz CT molecular complexity index is 1080. The van der Waals surface area contributed by atoms with Crippen molar-refractivity contribution in [3.8, 4) is 0 Å². The maximum absolute atomic E-state index is 11.6. The molecule has 2 aromatic rings. The average Bonchev–Trinajstić information content (AvgIpc) is 3.15. The number of hydrogen-bond acceptors (Lipinski definition) is 9. The molecular formula is C42H64O9. The third-order valence-corrected chi connectivity index (χ3v) is 7.91. The summed E-state index contributed by atoms with van der Waals surface area (Å²) in [4.78, 5) is 74.1. The molecule has 0 aliphatic carbocycles. The molecule has 0 fully saturated rings. The van der Waals surface area contributed by atoms with Gasteiger partial charge in [-0.2, -0.15) is 0 Å².